The quantitative estimate of drug-likeness (QED) is 0.619. The van der Waals surface area contributed by atoms with Crippen molar-refractivity contribution in [2.75, 3.05) is 32.1 Å². The van der Waals surface area contributed by atoms with Gasteiger partial charge in [-0.3, -0.25) is 0 Å². The topological polar surface area (TPSA) is 55.8 Å². The van der Waals surface area contributed by atoms with Crippen molar-refractivity contribution in [3.63, 3.8) is 0 Å². The number of hydrogen-bond donors (Lipinski definition) is 0. The number of benzene rings is 1. The Hall–Kier alpha value is -1.11. The number of hydrogen-bond acceptors (Lipinski definition) is 4. The SMILES string of the molecule is CCCCS(=O)(=O)N1CC(OCCCOc2ccccc2)C1. The molecule has 0 unspecified atom stereocenters. The van der Waals surface area contributed by atoms with Gasteiger partial charge in [-0.1, -0.05) is 31.5 Å². The fourth-order valence-electron chi connectivity index (χ4n) is 2.20. The maximum absolute atomic E-state index is 11.9. The molecule has 1 aliphatic heterocycles. The number of rotatable bonds is 10. The summed E-state index contributed by atoms with van der Waals surface area (Å²) in [5.74, 6) is 1.11. The largest absolute Gasteiger partial charge is 0.494 e. The molecular weight excluding hydrogens is 302 g/mol. The minimum atomic E-state index is -3.06. The zero-order valence-corrected chi connectivity index (χ0v) is 13.9. The van der Waals surface area contributed by atoms with Crippen LogP contribution < -0.4 is 4.74 Å². The normalized spacial score (nSPS) is 16.4. The van der Waals surface area contributed by atoms with Crippen molar-refractivity contribution in [2.45, 2.75) is 32.3 Å². The average molecular weight is 327 g/mol. The number of sulfonamides is 1. The second-order valence-electron chi connectivity index (χ2n) is 5.49. The summed E-state index contributed by atoms with van der Waals surface area (Å²) in [6.45, 7) is 4.18. The van der Waals surface area contributed by atoms with Crippen molar-refractivity contribution >= 4 is 10.0 Å². The zero-order valence-electron chi connectivity index (χ0n) is 13.1. The molecule has 1 heterocycles. The Morgan fingerprint density at radius 2 is 1.86 bits per heavy atom. The lowest BCUT2D eigenvalue weighted by molar-refractivity contribution is -0.0233. The van der Waals surface area contributed by atoms with Gasteiger partial charge in [0.15, 0.2) is 0 Å². The monoisotopic (exact) mass is 327 g/mol. The first kappa shape index (κ1) is 17.2. The van der Waals surface area contributed by atoms with Crippen molar-refractivity contribution in [2.24, 2.45) is 0 Å². The molecule has 0 aliphatic carbocycles. The van der Waals surface area contributed by atoms with E-state index in [2.05, 4.69) is 0 Å². The van der Waals surface area contributed by atoms with Crippen LogP contribution in [-0.4, -0.2) is 50.9 Å². The molecule has 0 spiro atoms. The fraction of sp³-hybridized carbons (Fsp3) is 0.625. The van der Waals surface area contributed by atoms with E-state index in [0.29, 0.717) is 26.3 Å². The molecule has 22 heavy (non-hydrogen) atoms. The second kappa shape index (κ2) is 8.50. The molecule has 1 saturated heterocycles. The molecule has 0 N–H and O–H groups in total. The van der Waals surface area contributed by atoms with E-state index in [1.807, 2.05) is 37.3 Å². The average Bonchev–Trinajstić information content (AvgIpc) is 2.47. The van der Waals surface area contributed by atoms with Gasteiger partial charge in [0.25, 0.3) is 0 Å². The van der Waals surface area contributed by atoms with Crippen molar-refractivity contribution in [1.29, 1.82) is 0 Å². The van der Waals surface area contributed by atoms with Gasteiger partial charge < -0.3 is 9.47 Å². The van der Waals surface area contributed by atoms with Gasteiger partial charge in [0.2, 0.25) is 10.0 Å². The lowest BCUT2D eigenvalue weighted by Crippen LogP contribution is -2.55. The Morgan fingerprint density at radius 3 is 2.55 bits per heavy atom. The summed E-state index contributed by atoms with van der Waals surface area (Å²) in [7, 11) is -3.06. The second-order valence-corrected chi connectivity index (χ2v) is 7.58. The van der Waals surface area contributed by atoms with E-state index >= 15 is 0 Å². The van der Waals surface area contributed by atoms with Gasteiger partial charge >= 0.3 is 0 Å². The van der Waals surface area contributed by atoms with E-state index in [9.17, 15) is 8.42 Å². The van der Waals surface area contributed by atoms with Crippen LogP contribution in [0.25, 0.3) is 0 Å². The Bertz CT molecular complexity index is 526. The molecule has 0 saturated carbocycles. The third-order valence-corrected chi connectivity index (χ3v) is 5.51. The molecule has 0 atom stereocenters. The number of ether oxygens (including phenoxy) is 2. The van der Waals surface area contributed by atoms with Crippen LogP contribution in [0.1, 0.15) is 26.2 Å². The predicted molar refractivity (Wildman–Crippen MR) is 86.6 cm³/mol. The van der Waals surface area contributed by atoms with Gasteiger partial charge in [-0.05, 0) is 18.6 Å². The lowest BCUT2D eigenvalue weighted by atomic mass is 10.2. The summed E-state index contributed by atoms with van der Waals surface area (Å²) in [6.07, 6.45) is 2.46. The molecule has 1 aliphatic rings. The molecule has 5 nitrogen and oxygen atoms in total. The molecule has 2 rings (SSSR count). The number of unbranched alkanes of at least 4 members (excludes halogenated alkanes) is 1. The summed E-state index contributed by atoms with van der Waals surface area (Å²) < 4.78 is 36.6. The molecule has 1 aromatic carbocycles. The first-order valence-electron chi connectivity index (χ1n) is 7.89. The van der Waals surface area contributed by atoms with E-state index in [-0.39, 0.29) is 11.9 Å². The number of nitrogens with zero attached hydrogens (tertiary/aromatic N) is 1. The van der Waals surface area contributed by atoms with Gasteiger partial charge in [0, 0.05) is 19.5 Å². The van der Waals surface area contributed by atoms with Crippen LogP contribution in [0.2, 0.25) is 0 Å². The molecule has 6 heteroatoms. The molecule has 1 fully saturated rings. The van der Waals surface area contributed by atoms with Crippen LogP contribution in [0.3, 0.4) is 0 Å². The molecule has 1 aromatic rings. The van der Waals surface area contributed by atoms with Gasteiger partial charge in [0.1, 0.15) is 5.75 Å². The smallest absolute Gasteiger partial charge is 0.214 e. The van der Waals surface area contributed by atoms with E-state index in [1.54, 1.807) is 0 Å². The van der Waals surface area contributed by atoms with E-state index in [4.69, 9.17) is 9.47 Å². The predicted octanol–water partition coefficient (Wildman–Crippen LogP) is 2.29. The summed E-state index contributed by atoms with van der Waals surface area (Å²) in [5, 5.41) is 0. The maximum atomic E-state index is 11.9. The van der Waals surface area contributed by atoms with Gasteiger partial charge in [0.05, 0.1) is 25.1 Å². The van der Waals surface area contributed by atoms with Crippen LogP contribution in [0, 0.1) is 0 Å². The molecule has 0 bridgehead atoms. The summed E-state index contributed by atoms with van der Waals surface area (Å²) in [4.78, 5) is 0. The Kier molecular flexibility index (Phi) is 6.67. The van der Waals surface area contributed by atoms with E-state index < -0.39 is 10.0 Å². The van der Waals surface area contributed by atoms with Crippen LogP contribution >= 0.6 is 0 Å². The van der Waals surface area contributed by atoms with Crippen molar-refractivity contribution in [3.05, 3.63) is 30.3 Å². The lowest BCUT2D eigenvalue weighted by Gasteiger charge is -2.37. The van der Waals surface area contributed by atoms with Crippen molar-refractivity contribution in [1.82, 2.24) is 4.31 Å². The Balaban J connectivity index is 1.53. The van der Waals surface area contributed by atoms with Crippen LogP contribution in [0.15, 0.2) is 30.3 Å². The van der Waals surface area contributed by atoms with E-state index in [0.717, 1.165) is 25.0 Å². The molecule has 0 radical (unpaired) electrons. The fourth-order valence-corrected chi connectivity index (χ4v) is 3.90. The van der Waals surface area contributed by atoms with Gasteiger partial charge in [-0.25, -0.2) is 8.42 Å². The van der Waals surface area contributed by atoms with Crippen molar-refractivity contribution in [3.8, 4) is 5.75 Å². The minimum absolute atomic E-state index is 0.0353. The first-order chi connectivity index (χ1) is 10.6. The Labute approximate surface area is 133 Å². The summed E-state index contributed by atoms with van der Waals surface area (Å²) in [6, 6.07) is 9.67. The molecule has 124 valence electrons. The minimum Gasteiger partial charge on any atom is -0.494 e. The standard InChI is InChI=1S/C16H25NO4S/c1-2-3-12-22(18,19)17-13-16(14-17)21-11-7-10-20-15-8-5-4-6-9-15/h4-6,8-9,16H,2-3,7,10-14H2,1H3. The zero-order chi connectivity index (χ0) is 15.8. The van der Waals surface area contributed by atoms with E-state index in [1.165, 1.54) is 4.31 Å². The summed E-state index contributed by atoms with van der Waals surface area (Å²) in [5.41, 5.74) is 0. The maximum Gasteiger partial charge on any atom is 0.214 e. The summed E-state index contributed by atoms with van der Waals surface area (Å²) >= 11 is 0. The Morgan fingerprint density at radius 1 is 1.14 bits per heavy atom. The van der Waals surface area contributed by atoms with Gasteiger partial charge in [-0.2, -0.15) is 4.31 Å². The highest BCUT2D eigenvalue weighted by molar-refractivity contribution is 7.89. The van der Waals surface area contributed by atoms with Gasteiger partial charge in [-0.15, -0.1) is 0 Å². The third kappa shape index (κ3) is 5.26. The molecular formula is C16H25NO4S. The molecule has 0 aromatic heterocycles. The highest BCUT2D eigenvalue weighted by atomic mass is 32.2. The highest BCUT2D eigenvalue weighted by Crippen LogP contribution is 2.18. The third-order valence-electron chi connectivity index (χ3n) is 3.62. The molecule has 0 amide bonds. The number of para-hydroxylation sites is 1. The van der Waals surface area contributed by atoms with Crippen molar-refractivity contribution < 1.29 is 17.9 Å². The first-order valence-corrected chi connectivity index (χ1v) is 9.50. The highest BCUT2D eigenvalue weighted by Gasteiger charge is 2.35. The van der Waals surface area contributed by atoms with Crippen LogP contribution in [0.4, 0.5) is 0 Å². The van der Waals surface area contributed by atoms with Crippen LogP contribution in [0.5, 0.6) is 5.75 Å². The van der Waals surface area contributed by atoms with Crippen LogP contribution in [-0.2, 0) is 14.8 Å².